The van der Waals surface area contributed by atoms with Crippen LogP contribution in [0.3, 0.4) is 0 Å². The minimum Gasteiger partial charge on any atom is -0.469 e. The van der Waals surface area contributed by atoms with Crippen molar-refractivity contribution in [2.75, 3.05) is 20.2 Å². The third-order valence-corrected chi connectivity index (χ3v) is 5.33. The molecule has 0 spiro atoms. The van der Waals surface area contributed by atoms with Crippen molar-refractivity contribution in [2.45, 2.75) is 31.6 Å². The maximum absolute atomic E-state index is 12.0. The van der Waals surface area contributed by atoms with E-state index in [0.717, 1.165) is 29.9 Å². The molecule has 1 N–H and O–H groups in total. The van der Waals surface area contributed by atoms with Crippen molar-refractivity contribution in [3.05, 3.63) is 35.9 Å². The van der Waals surface area contributed by atoms with E-state index in [-0.39, 0.29) is 11.9 Å². The Balaban J connectivity index is 1.54. The lowest BCUT2D eigenvalue weighted by molar-refractivity contribution is -0.142. The molecule has 0 aromatic heterocycles. The van der Waals surface area contributed by atoms with Crippen molar-refractivity contribution in [2.24, 2.45) is 17.8 Å². The molecule has 0 saturated heterocycles. The van der Waals surface area contributed by atoms with Gasteiger partial charge in [0.2, 0.25) is 0 Å². The van der Waals surface area contributed by atoms with Gasteiger partial charge in [-0.15, -0.1) is 0 Å². The van der Waals surface area contributed by atoms with E-state index in [1.165, 1.54) is 32.8 Å². The van der Waals surface area contributed by atoms with Crippen LogP contribution >= 0.6 is 0 Å². The molecule has 3 heteroatoms. The smallest absolute Gasteiger partial charge is 0.314 e. The van der Waals surface area contributed by atoms with Gasteiger partial charge in [0.1, 0.15) is 0 Å². The molecule has 2 bridgehead atoms. The number of carbonyl (C=O) groups excluding carboxylic acids is 1. The van der Waals surface area contributed by atoms with Crippen LogP contribution in [0.1, 0.15) is 37.2 Å². The fourth-order valence-electron chi connectivity index (χ4n) is 4.20. The van der Waals surface area contributed by atoms with Gasteiger partial charge in [-0.2, -0.15) is 0 Å². The Labute approximate surface area is 127 Å². The van der Waals surface area contributed by atoms with E-state index < -0.39 is 0 Å². The van der Waals surface area contributed by atoms with Crippen LogP contribution in [-0.2, 0) is 9.53 Å². The zero-order valence-electron chi connectivity index (χ0n) is 12.8. The number of ether oxygens (including phenoxy) is 1. The standard InChI is InChI=1S/C18H25NO2/c1-21-18(20)17(14-5-3-2-4-6-14)12-19-11-16-10-13-7-8-15(16)9-13/h2-6,13,15-17,19H,7-12H2,1H3. The molecular formula is C18H25NO2. The molecule has 0 aliphatic heterocycles. The van der Waals surface area contributed by atoms with Crippen LogP contribution in [-0.4, -0.2) is 26.2 Å². The monoisotopic (exact) mass is 287 g/mol. The quantitative estimate of drug-likeness (QED) is 0.818. The summed E-state index contributed by atoms with van der Waals surface area (Å²) in [4.78, 5) is 12.0. The van der Waals surface area contributed by atoms with Crippen molar-refractivity contribution in [1.29, 1.82) is 0 Å². The predicted octanol–water partition coefficient (Wildman–Crippen LogP) is 2.97. The SMILES string of the molecule is COC(=O)C(CNCC1CC2CCC1C2)c1ccccc1. The van der Waals surface area contributed by atoms with Crippen molar-refractivity contribution >= 4 is 5.97 Å². The maximum Gasteiger partial charge on any atom is 0.314 e. The van der Waals surface area contributed by atoms with E-state index in [1.807, 2.05) is 30.3 Å². The van der Waals surface area contributed by atoms with E-state index in [0.29, 0.717) is 6.54 Å². The molecule has 1 aromatic carbocycles. The highest BCUT2D eigenvalue weighted by Gasteiger charge is 2.39. The second-order valence-electron chi connectivity index (χ2n) is 6.58. The third kappa shape index (κ3) is 3.29. The molecular weight excluding hydrogens is 262 g/mol. The van der Waals surface area contributed by atoms with Gasteiger partial charge in [0.05, 0.1) is 13.0 Å². The number of hydrogen-bond acceptors (Lipinski definition) is 3. The van der Waals surface area contributed by atoms with Crippen LogP contribution in [0.15, 0.2) is 30.3 Å². The van der Waals surface area contributed by atoms with Crippen LogP contribution in [0.5, 0.6) is 0 Å². The van der Waals surface area contributed by atoms with Crippen LogP contribution < -0.4 is 5.32 Å². The summed E-state index contributed by atoms with van der Waals surface area (Å²) < 4.78 is 4.96. The number of esters is 1. The zero-order chi connectivity index (χ0) is 14.7. The predicted molar refractivity (Wildman–Crippen MR) is 83.0 cm³/mol. The molecule has 2 saturated carbocycles. The molecule has 2 aliphatic carbocycles. The van der Waals surface area contributed by atoms with Gasteiger partial charge in [-0.25, -0.2) is 0 Å². The highest BCUT2D eigenvalue weighted by molar-refractivity contribution is 5.78. The van der Waals surface area contributed by atoms with Gasteiger partial charge < -0.3 is 10.1 Å². The summed E-state index contributed by atoms with van der Waals surface area (Å²) in [5, 5.41) is 3.53. The minimum absolute atomic E-state index is 0.151. The molecule has 4 unspecified atom stereocenters. The first-order chi connectivity index (χ1) is 10.3. The van der Waals surface area contributed by atoms with Gasteiger partial charge in [-0.1, -0.05) is 36.8 Å². The molecule has 0 amide bonds. The van der Waals surface area contributed by atoms with Crippen LogP contribution in [0.4, 0.5) is 0 Å². The number of carbonyl (C=O) groups is 1. The van der Waals surface area contributed by atoms with E-state index in [9.17, 15) is 4.79 Å². The van der Waals surface area contributed by atoms with Crippen LogP contribution in [0.25, 0.3) is 0 Å². The normalized spacial score (nSPS) is 28.5. The number of methoxy groups -OCH3 is 1. The minimum atomic E-state index is -0.199. The number of hydrogen-bond donors (Lipinski definition) is 1. The second-order valence-corrected chi connectivity index (χ2v) is 6.58. The lowest BCUT2D eigenvalue weighted by atomic mass is 9.88. The van der Waals surface area contributed by atoms with E-state index in [1.54, 1.807) is 0 Å². The summed E-state index contributed by atoms with van der Waals surface area (Å²) in [5.74, 6) is 2.37. The Morgan fingerprint density at radius 3 is 2.71 bits per heavy atom. The molecule has 0 heterocycles. The summed E-state index contributed by atoms with van der Waals surface area (Å²) >= 11 is 0. The lowest BCUT2D eigenvalue weighted by Gasteiger charge is -2.23. The maximum atomic E-state index is 12.0. The van der Waals surface area contributed by atoms with Crippen molar-refractivity contribution in [1.82, 2.24) is 5.32 Å². The van der Waals surface area contributed by atoms with E-state index >= 15 is 0 Å². The molecule has 21 heavy (non-hydrogen) atoms. The summed E-state index contributed by atoms with van der Waals surface area (Å²) in [7, 11) is 1.47. The fraction of sp³-hybridized carbons (Fsp3) is 0.611. The third-order valence-electron chi connectivity index (χ3n) is 5.33. The average Bonchev–Trinajstić information content (AvgIpc) is 3.14. The Morgan fingerprint density at radius 1 is 1.29 bits per heavy atom. The molecule has 0 radical (unpaired) electrons. The molecule has 2 fully saturated rings. The van der Waals surface area contributed by atoms with Gasteiger partial charge in [-0.3, -0.25) is 4.79 Å². The summed E-state index contributed by atoms with van der Waals surface area (Å²) in [5.41, 5.74) is 1.03. The summed E-state index contributed by atoms with van der Waals surface area (Å²) in [6.45, 7) is 1.71. The topological polar surface area (TPSA) is 38.3 Å². The largest absolute Gasteiger partial charge is 0.469 e. The molecule has 114 valence electrons. The van der Waals surface area contributed by atoms with E-state index in [2.05, 4.69) is 5.32 Å². The summed E-state index contributed by atoms with van der Waals surface area (Å²) in [6, 6.07) is 9.92. The van der Waals surface area contributed by atoms with Crippen LogP contribution in [0.2, 0.25) is 0 Å². The van der Waals surface area contributed by atoms with E-state index in [4.69, 9.17) is 4.74 Å². The zero-order valence-corrected chi connectivity index (χ0v) is 12.8. The number of nitrogens with one attached hydrogen (secondary N) is 1. The first-order valence-electron chi connectivity index (χ1n) is 8.11. The van der Waals surface area contributed by atoms with Crippen molar-refractivity contribution in [3.63, 3.8) is 0 Å². The summed E-state index contributed by atoms with van der Waals surface area (Å²) in [6.07, 6.45) is 5.67. The first-order valence-corrected chi connectivity index (χ1v) is 8.11. The average molecular weight is 287 g/mol. The Kier molecular flexibility index (Phi) is 4.59. The Bertz CT molecular complexity index is 473. The first kappa shape index (κ1) is 14.6. The number of benzene rings is 1. The van der Waals surface area contributed by atoms with Gasteiger partial charge >= 0.3 is 5.97 Å². The van der Waals surface area contributed by atoms with Gasteiger partial charge in [0, 0.05) is 6.54 Å². The highest BCUT2D eigenvalue weighted by atomic mass is 16.5. The molecule has 1 aromatic rings. The highest BCUT2D eigenvalue weighted by Crippen LogP contribution is 2.47. The molecule has 3 rings (SSSR count). The molecule has 4 atom stereocenters. The number of fused-ring (bicyclic) bond motifs is 2. The molecule has 2 aliphatic rings. The van der Waals surface area contributed by atoms with Gasteiger partial charge in [0.25, 0.3) is 0 Å². The molecule has 3 nitrogen and oxygen atoms in total. The lowest BCUT2D eigenvalue weighted by Crippen LogP contribution is -2.32. The second kappa shape index (κ2) is 6.61. The Hall–Kier alpha value is -1.35. The van der Waals surface area contributed by atoms with Gasteiger partial charge in [-0.05, 0) is 49.1 Å². The van der Waals surface area contributed by atoms with Crippen molar-refractivity contribution in [3.8, 4) is 0 Å². The fourth-order valence-corrected chi connectivity index (χ4v) is 4.20. The van der Waals surface area contributed by atoms with Crippen molar-refractivity contribution < 1.29 is 9.53 Å². The Morgan fingerprint density at radius 2 is 2.10 bits per heavy atom. The number of rotatable bonds is 6. The van der Waals surface area contributed by atoms with Crippen LogP contribution in [0, 0.1) is 17.8 Å². The van der Waals surface area contributed by atoms with Gasteiger partial charge in [0.15, 0.2) is 0 Å².